The van der Waals surface area contributed by atoms with E-state index >= 15 is 0 Å². The SMILES string of the molecule is COc1cc(C2(C(F)(F)F)N=N2)ccc1C(=O)Nc1cc(I)c2c(c1)CNCC2. The number of carbonyl (C=O) groups excluding carboxylic acids is 1. The van der Waals surface area contributed by atoms with Crippen molar-refractivity contribution in [2.24, 2.45) is 10.2 Å². The third-order valence-electron chi connectivity index (χ3n) is 4.96. The lowest BCUT2D eigenvalue weighted by Crippen LogP contribution is -2.30. The van der Waals surface area contributed by atoms with E-state index in [2.05, 4.69) is 43.5 Å². The number of carbonyl (C=O) groups is 1. The van der Waals surface area contributed by atoms with Crippen molar-refractivity contribution >= 4 is 34.2 Å². The number of hydrogen-bond donors (Lipinski definition) is 2. The van der Waals surface area contributed by atoms with Gasteiger partial charge in [-0.15, -0.1) is 10.2 Å². The number of hydrogen-bond acceptors (Lipinski definition) is 5. The summed E-state index contributed by atoms with van der Waals surface area (Å²) in [5.74, 6) is -0.450. The van der Waals surface area contributed by atoms with Crippen LogP contribution in [0.5, 0.6) is 5.75 Å². The monoisotopic (exact) mass is 516 g/mol. The highest BCUT2D eigenvalue weighted by Gasteiger charge is 2.65. The highest BCUT2D eigenvalue weighted by molar-refractivity contribution is 14.1. The summed E-state index contributed by atoms with van der Waals surface area (Å²) >= 11 is 2.24. The maximum absolute atomic E-state index is 13.2. The van der Waals surface area contributed by atoms with Crippen LogP contribution in [-0.2, 0) is 18.6 Å². The predicted octanol–water partition coefficient (Wildman–Crippen LogP) is 4.38. The molecule has 4 rings (SSSR count). The van der Waals surface area contributed by atoms with Crippen LogP contribution in [0.2, 0.25) is 0 Å². The van der Waals surface area contributed by atoms with E-state index in [1.54, 1.807) is 0 Å². The number of nitrogens with one attached hydrogen (secondary N) is 2. The first-order chi connectivity index (χ1) is 13.7. The number of methoxy groups -OCH3 is 1. The molecule has 0 saturated carbocycles. The Balaban J connectivity index is 1.60. The Kier molecular flexibility index (Phi) is 5.01. The van der Waals surface area contributed by atoms with Crippen LogP contribution in [0.1, 0.15) is 27.0 Å². The standard InChI is InChI=1S/C19H16F3IN4O2/c1-29-16-7-11(18(26-27-18)19(20,21)22)2-3-14(16)17(28)25-12-6-10-9-24-5-4-13(10)15(23)8-12/h2-3,6-8,24H,4-5,9H2,1H3,(H,25,28). The van der Waals surface area contributed by atoms with Gasteiger partial charge in [-0.3, -0.25) is 4.79 Å². The molecule has 0 aliphatic carbocycles. The maximum Gasteiger partial charge on any atom is 0.442 e. The molecular weight excluding hydrogens is 500 g/mol. The molecule has 29 heavy (non-hydrogen) atoms. The van der Waals surface area contributed by atoms with E-state index in [4.69, 9.17) is 4.74 Å². The quantitative estimate of drug-likeness (QED) is 0.593. The molecule has 0 bridgehead atoms. The van der Waals surface area contributed by atoms with Gasteiger partial charge in [-0.1, -0.05) is 6.07 Å². The number of amides is 1. The zero-order valence-electron chi connectivity index (χ0n) is 15.2. The smallest absolute Gasteiger partial charge is 0.442 e. The van der Waals surface area contributed by atoms with Gasteiger partial charge in [0.1, 0.15) is 5.75 Å². The molecule has 0 saturated heterocycles. The zero-order valence-corrected chi connectivity index (χ0v) is 17.4. The molecule has 2 aliphatic rings. The van der Waals surface area contributed by atoms with E-state index in [9.17, 15) is 18.0 Å². The Morgan fingerprint density at radius 2 is 2.03 bits per heavy atom. The molecule has 0 unspecified atom stereocenters. The second kappa shape index (κ2) is 7.24. The molecule has 6 nitrogen and oxygen atoms in total. The summed E-state index contributed by atoms with van der Waals surface area (Å²) in [5, 5.41) is 12.5. The van der Waals surface area contributed by atoms with Crippen LogP contribution in [0.3, 0.4) is 0 Å². The molecule has 10 heteroatoms. The predicted molar refractivity (Wildman–Crippen MR) is 108 cm³/mol. The van der Waals surface area contributed by atoms with Gasteiger partial charge in [-0.25, -0.2) is 0 Å². The summed E-state index contributed by atoms with van der Waals surface area (Å²) in [4.78, 5) is 12.8. The largest absolute Gasteiger partial charge is 0.496 e. The molecular formula is C19H16F3IN4O2. The number of alkyl halides is 3. The molecule has 0 atom stereocenters. The molecule has 2 aromatic rings. The van der Waals surface area contributed by atoms with Crippen molar-refractivity contribution in [3.05, 3.63) is 56.2 Å². The van der Waals surface area contributed by atoms with Crippen LogP contribution in [0.4, 0.5) is 18.9 Å². The van der Waals surface area contributed by atoms with Gasteiger partial charge in [0.25, 0.3) is 5.91 Å². The third kappa shape index (κ3) is 3.59. The molecule has 2 aromatic carbocycles. The Labute approximate surface area is 178 Å². The molecule has 2 heterocycles. The van der Waals surface area contributed by atoms with Crippen molar-refractivity contribution in [3.63, 3.8) is 0 Å². The Morgan fingerprint density at radius 3 is 2.69 bits per heavy atom. The summed E-state index contributed by atoms with van der Waals surface area (Å²) < 4.78 is 45.9. The number of rotatable bonds is 4. The van der Waals surface area contributed by atoms with Crippen LogP contribution in [0, 0.1) is 3.57 Å². The molecule has 0 aromatic heterocycles. The second-order valence-electron chi connectivity index (χ2n) is 6.76. The molecule has 0 spiro atoms. The van der Waals surface area contributed by atoms with Gasteiger partial charge in [0.05, 0.1) is 12.7 Å². The van der Waals surface area contributed by atoms with Crippen LogP contribution in [0.25, 0.3) is 0 Å². The number of fused-ring (bicyclic) bond motifs is 1. The highest BCUT2D eigenvalue weighted by Crippen LogP contribution is 2.53. The summed E-state index contributed by atoms with van der Waals surface area (Å²) in [6.45, 7) is 1.63. The van der Waals surface area contributed by atoms with E-state index in [0.717, 1.165) is 34.7 Å². The van der Waals surface area contributed by atoms with Crippen molar-refractivity contribution in [2.75, 3.05) is 19.0 Å². The summed E-state index contributed by atoms with van der Waals surface area (Å²) in [5.41, 5.74) is 0.375. The van der Waals surface area contributed by atoms with Crippen molar-refractivity contribution in [1.29, 1.82) is 0 Å². The molecule has 2 aliphatic heterocycles. The zero-order chi connectivity index (χ0) is 20.8. The van der Waals surface area contributed by atoms with Gasteiger partial charge in [0.2, 0.25) is 0 Å². The lowest BCUT2D eigenvalue weighted by molar-refractivity contribution is -0.166. The topological polar surface area (TPSA) is 75.1 Å². The molecule has 152 valence electrons. The van der Waals surface area contributed by atoms with E-state index in [1.807, 2.05) is 12.1 Å². The number of halogens is 4. The van der Waals surface area contributed by atoms with E-state index in [-0.39, 0.29) is 16.9 Å². The third-order valence-corrected chi connectivity index (χ3v) is 5.92. The minimum atomic E-state index is -4.64. The normalized spacial score (nSPS) is 16.9. The minimum absolute atomic E-state index is 0.0234. The minimum Gasteiger partial charge on any atom is -0.496 e. The average Bonchev–Trinajstić information content (AvgIpc) is 3.49. The first kappa shape index (κ1) is 20.1. The lowest BCUT2D eigenvalue weighted by Gasteiger charge is -2.20. The van der Waals surface area contributed by atoms with Crippen molar-refractivity contribution in [2.45, 2.75) is 24.8 Å². The molecule has 0 fully saturated rings. The second-order valence-corrected chi connectivity index (χ2v) is 7.92. The Morgan fingerprint density at radius 1 is 1.28 bits per heavy atom. The van der Waals surface area contributed by atoms with Crippen LogP contribution < -0.4 is 15.4 Å². The Bertz CT molecular complexity index is 1020. The fourth-order valence-electron chi connectivity index (χ4n) is 3.38. The maximum atomic E-state index is 13.2. The number of benzene rings is 2. The highest BCUT2D eigenvalue weighted by atomic mass is 127. The number of anilines is 1. The van der Waals surface area contributed by atoms with E-state index in [0.29, 0.717) is 5.69 Å². The summed E-state index contributed by atoms with van der Waals surface area (Å²) in [7, 11) is 1.30. The van der Waals surface area contributed by atoms with Gasteiger partial charge in [-0.05, 0) is 70.9 Å². The van der Waals surface area contributed by atoms with E-state index < -0.39 is 17.7 Å². The van der Waals surface area contributed by atoms with Crippen LogP contribution >= 0.6 is 22.6 Å². The lowest BCUT2D eigenvalue weighted by atomic mass is 9.99. The molecule has 2 N–H and O–H groups in total. The fourth-order valence-corrected chi connectivity index (χ4v) is 4.33. The average molecular weight is 516 g/mol. The molecule has 0 radical (unpaired) electrons. The van der Waals surface area contributed by atoms with Crippen molar-refractivity contribution in [1.82, 2.24) is 5.32 Å². The van der Waals surface area contributed by atoms with Crippen molar-refractivity contribution < 1.29 is 22.7 Å². The van der Waals surface area contributed by atoms with Crippen LogP contribution in [-0.4, -0.2) is 25.7 Å². The number of nitrogens with zero attached hydrogens (tertiary/aromatic N) is 2. The first-order valence-electron chi connectivity index (χ1n) is 8.78. The van der Waals surface area contributed by atoms with E-state index in [1.165, 1.54) is 24.8 Å². The first-order valence-corrected chi connectivity index (χ1v) is 9.86. The summed E-state index contributed by atoms with van der Waals surface area (Å²) in [6.07, 6.45) is -3.72. The fraction of sp³-hybridized carbons (Fsp3) is 0.316. The van der Waals surface area contributed by atoms with Gasteiger partial charge in [0.15, 0.2) is 0 Å². The Hall–Kier alpha value is -2.21. The van der Waals surface area contributed by atoms with Gasteiger partial charge in [0, 0.05) is 21.4 Å². The van der Waals surface area contributed by atoms with Gasteiger partial charge >= 0.3 is 11.8 Å². The summed E-state index contributed by atoms with van der Waals surface area (Å²) in [6, 6.07) is 7.44. The van der Waals surface area contributed by atoms with Crippen LogP contribution in [0.15, 0.2) is 40.6 Å². The molecule has 1 amide bonds. The van der Waals surface area contributed by atoms with Gasteiger partial charge in [-0.2, -0.15) is 13.2 Å². The van der Waals surface area contributed by atoms with Crippen molar-refractivity contribution in [3.8, 4) is 5.75 Å². The number of ether oxygens (including phenoxy) is 1. The van der Waals surface area contributed by atoms with Gasteiger partial charge < -0.3 is 15.4 Å².